The second-order valence-corrected chi connectivity index (χ2v) is 9.37. The van der Waals surface area contributed by atoms with E-state index in [0.717, 1.165) is 22.5 Å². The molecule has 0 spiro atoms. The van der Waals surface area contributed by atoms with Gasteiger partial charge in [-0.05, 0) is 60.0 Å². The molecule has 0 bridgehead atoms. The van der Waals surface area contributed by atoms with E-state index in [-0.39, 0.29) is 38.2 Å². The van der Waals surface area contributed by atoms with Crippen LogP contribution in [0.4, 0.5) is 0 Å². The van der Waals surface area contributed by atoms with Crippen LogP contribution in [0.2, 0.25) is 0 Å². The molecular formula is C32H30N2O5. The molecule has 0 atom stereocenters. The highest BCUT2D eigenvalue weighted by Crippen LogP contribution is 2.33. The fourth-order valence-electron chi connectivity index (χ4n) is 4.51. The van der Waals surface area contributed by atoms with E-state index >= 15 is 0 Å². The highest BCUT2D eigenvalue weighted by molar-refractivity contribution is 5.97. The molecule has 39 heavy (non-hydrogen) atoms. The summed E-state index contributed by atoms with van der Waals surface area (Å²) >= 11 is 0. The zero-order valence-electron chi connectivity index (χ0n) is 21.8. The molecule has 0 N–H and O–H groups in total. The van der Waals surface area contributed by atoms with Crippen molar-refractivity contribution < 1.29 is 23.5 Å². The van der Waals surface area contributed by atoms with Gasteiger partial charge in [-0.25, -0.2) is 0 Å². The highest BCUT2D eigenvalue weighted by Gasteiger charge is 2.24. The normalized spacial score (nSPS) is 11.7. The van der Waals surface area contributed by atoms with Crippen molar-refractivity contribution in [2.24, 2.45) is 0 Å². The van der Waals surface area contributed by atoms with Gasteiger partial charge in [-0.2, -0.15) is 0 Å². The van der Waals surface area contributed by atoms with Gasteiger partial charge >= 0.3 is 0 Å². The number of benzene rings is 3. The topological polar surface area (TPSA) is 72.2 Å². The number of hydrogen-bond acceptors (Lipinski definition) is 5. The van der Waals surface area contributed by atoms with Crippen molar-refractivity contribution in [1.29, 1.82) is 0 Å². The monoisotopic (exact) mass is 522 g/mol. The first-order chi connectivity index (χ1) is 19.0. The Morgan fingerprint density at radius 2 is 1.59 bits per heavy atom. The average Bonchev–Trinajstić information content (AvgIpc) is 3.60. The van der Waals surface area contributed by atoms with Crippen LogP contribution in [0.5, 0.6) is 11.5 Å². The predicted octanol–water partition coefficient (Wildman–Crippen LogP) is 5.84. The van der Waals surface area contributed by atoms with Crippen LogP contribution in [0.25, 0.3) is 11.1 Å². The van der Waals surface area contributed by atoms with Crippen LogP contribution >= 0.6 is 0 Å². The fraction of sp³-hybridized carbons (Fsp3) is 0.188. The third-order valence-corrected chi connectivity index (χ3v) is 6.51. The molecule has 4 aromatic rings. The molecule has 2 heterocycles. The maximum atomic E-state index is 13.7. The highest BCUT2D eigenvalue weighted by atomic mass is 16.7. The second-order valence-electron chi connectivity index (χ2n) is 9.37. The molecule has 7 heteroatoms. The summed E-state index contributed by atoms with van der Waals surface area (Å²) in [6.45, 7) is 6.56. The van der Waals surface area contributed by atoms with Crippen LogP contribution in [-0.2, 0) is 17.9 Å². The summed E-state index contributed by atoms with van der Waals surface area (Å²) in [6, 6.07) is 26.7. The number of amides is 2. The molecule has 0 radical (unpaired) electrons. The van der Waals surface area contributed by atoms with E-state index in [0.29, 0.717) is 29.4 Å². The van der Waals surface area contributed by atoms with Crippen LogP contribution in [0.15, 0.2) is 102 Å². The summed E-state index contributed by atoms with van der Waals surface area (Å²) in [5, 5.41) is 0. The Morgan fingerprint density at radius 1 is 0.846 bits per heavy atom. The lowest BCUT2D eigenvalue weighted by Crippen LogP contribution is -2.42. The molecule has 1 aliphatic rings. The van der Waals surface area contributed by atoms with Gasteiger partial charge in [-0.1, -0.05) is 54.6 Å². The number of carbonyl (C=O) groups excluding carboxylic acids is 2. The van der Waals surface area contributed by atoms with Crippen LogP contribution in [0.1, 0.15) is 27.4 Å². The van der Waals surface area contributed by atoms with Crippen LogP contribution in [0, 0.1) is 6.92 Å². The number of furan rings is 1. The SMILES string of the molecule is C=CCN(CC(=O)N(Cc1ccc2c(c1)OCO2)Cc1ccc(C)o1)C(=O)c1ccc(-c2ccccc2)cc1. The molecule has 198 valence electrons. The first-order valence-electron chi connectivity index (χ1n) is 12.8. The Bertz CT molecular complexity index is 1460. The molecule has 0 saturated carbocycles. The van der Waals surface area contributed by atoms with Gasteiger partial charge in [0.15, 0.2) is 11.5 Å². The van der Waals surface area contributed by atoms with Gasteiger partial charge in [0, 0.05) is 18.7 Å². The van der Waals surface area contributed by atoms with E-state index < -0.39 is 0 Å². The van der Waals surface area contributed by atoms with Crippen molar-refractivity contribution in [2.45, 2.75) is 20.0 Å². The van der Waals surface area contributed by atoms with Crippen molar-refractivity contribution in [3.05, 3.63) is 120 Å². The lowest BCUT2D eigenvalue weighted by molar-refractivity contribution is -0.133. The summed E-state index contributed by atoms with van der Waals surface area (Å²) < 4.78 is 16.7. The van der Waals surface area contributed by atoms with E-state index in [1.165, 1.54) is 4.90 Å². The Labute approximate surface area is 227 Å². The van der Waals surface area contributed by atoms with Crippen molar-refractivity contribution in [1.82, 2.24) is 9.80 Å². The van der Waals surface area contributed by atoms with Crippen molar-refractivity contribution in [3.63, 3.8) is 0 Å². The molecule has 1 aromatic heterocycles. The number of carbonyl (C=O) groups is 2. The lowest BCUT2D eigenvalue weighted by atomic mass is 10.0. The minimum atomic E-state index is -0.236. The molecule has 7 nitrogen and oxygen atoms in total. The lowest BCUT2D eigenvalue weighted by Gasteiger charge is -2.27. The van der Waals surface area contributed by atoms with Crippen molar-refractivity contribution in [3.8, 4) is 22.6 Å². The van der Waals surface area contributed by atoms with Crippen molar-refractivity contribution in [2.75, 3.05) is 19.9 Å². The second kappa shape index (κ2) is 11.7. The molecule has 2 amide bonds. The Balaban J connectivity index is 1.34. The summed E-state index contributed by atoms with van der Waals surface area (Å²) in [6.07, 6.45) is 1.63. The van der Waals surface area contributed by atoms with E-state index in [1.54, 1.807) is 23.1 Å². The third-order valence-electron chi connectivity index (χ3n) is 6.51. The largest absolute Gasteiger partial charge is 0.464 e. The average molecular weight is 523 g/mol. The van der Waals surface area contributed by atoms with E-state index in [1.807, 2.05) is 79.7 Å². The van der Waals surface area contributed by atoms with Crippen LogP contribution in [0.3, 0.4) is 0 Å². The summed E-state index contributed by atoms with van der Waals surface area (Å²) in [5.41, 5.74) is 3.48. The van der Waals surface area contributed by atoms with Gasteiger partial charge in [0.2, 0.25) is 12.7 Å². The number of nitrogens with zero attached hydrogens (tertiary/aromatic N) is 2. The van der Waals surface area contributed by atoms with Gasteiger partial charge in [0.05, 0.1) is 6.54 Å². The summed E-state index contributed by atoms with van der Waals surface area (Å²) in [7, 11) is 0. The molecule has 0 aliphatic carbocycles. The van der Waals surface area contributed by atoms with Gasteiger partial charge in [0.25, 0.3) is 5.91 Å². The Hall–Kier alpha value is -4.78. The Kier molecular flexibility index (Phi) is 7.78. The van der Waals surface area contributed by atoms with E-state index in [9.17, 15) is 9.59 Å². The zero-order valence-corrected chi connectivity index (χ0v) is 21.8. The van der Waals surface area contributed by atoms with Gasteiger partial charge in [0.1, 0.15) is 18.1 Å². The fourth-order valence-corrected chi connectivity index (χ4v) is 4.51. The Morgan fingerprint density at radius 3 is 2.31 bits per heavy atom. The molecule has 3 aromatic carbocycles. The number of rotatable bonds is 10. The van der Waals surface area contributed by atoms with Gasteiger partial charge < -0.3 is 23.7 Å². The van der Waals surface area contributed by atoms with Crippen molar-refractivity contribution >= 4 is 11.8 Å². The van der Waals surface area contributed by atoms with E-state index in [4.69, 9.17) is 13.9 Å². The molecule has 0 saturated heterocycles. The maximum Gasteiger partial charge on any atom is 0.254 e. The quantitative estimate of drug-likeness (QED) is 0.245. The number of ether oxygens (including phenoxy) is 2. The predicted molar refractivity (Wildman–Crippen MR) is 148 cm³/mol. The standard InChI is InChI=1S/C32H30N2O5/c1-3-17-33(32(36)27-13-11-26(12-14-27)25-7-5-4-6-8-25)21-31(35)34(20-28-15-9-23(2)39-28)19-24-10-16-29-30(18-24)38-22-37-29/h3-16,18H,1,17,19-22H2,2H3. The molecule has 1 aliphatic heterocycles. The first kappa shape index (κ1) is 25.9. The third kappa shape index (κ3) is 6.21. The van der Waals surface area contributed by atoms with Gasteiger partial charge in [-0.3, -0.25) is 9.59 Å². The molecule has 0 unspecified atom stereocenters. The number of hydrogen-bond donors (Lipinski definition) is 0. The smallest absolute Gasteiger partial charge is 0.254 e. The number of aryl methyl sites for hydroxylation is 1. The van der Waals surface area contributed by atoms with E-state index in [2.05, 4.69) is 6.58 Å². The van der Waals surface area contributed by atoms with Crippen LogP contribution < -0.4 is 9.47 Å². The molecule has 0 fully saturated rings. The molecule has 5 rings (SSSR count). The summed E-state index contributed by atoms with van der Waals surface area (Å²) in [5.74, 6) is 2.32. The summed E-state index contributed by atoms with van der Waals surface area (Å²) in [4.78, 5) is 30.3. The minimum absolute atomic E-state index is 0.102. The van der Waals surface area contributed by atoms with Crippen LogP contribution in [-0.4, -0.2) is 41.5 Å². The maximum absolute atomic E-state index is 13.7. The molecular weight excluding hydrogens is 492 g/mol. The van der Waals surface area contributed by atoms with Gasteiger partial charge in [-0.15, -0.1) is 6.58 Å². The first-order valence-corrected chi connectivity index (χ1v) is 12.8. The minimum Gasteiger partial charge on any atom is -0.464 e. The zero-order chi connectivity index (χ0) is 27.2. The number of fused-ring (bicyclic) bond motifs is 1.